The van der Waals surface area contributed by atoms with Gasteiger partial charge in [0, 0.05) is 31.5 Å². The zero-order valence-corrected chi connectivity index (χ0v) is 11.6. The number of rotatable bonds is 4. The predicted molar refractivity (Wildman–Crippen MR) is 75.0 cm³/mol. The lowest BCUT2D eigenvalue weighted by atomic mass is 10.0. The van der Waals surface area contributed by atoms with Gasteiger partial charge in [0.1, 0.15) is 0 Å². The van der Waals surface area contributed by atoms with Gasteiger partial charge in [-0.15, -0.1) is 0 Å². The first-order valence-corrected chi connectivity index (χ1v) is 6.82. The monoisotopic (exact) mass is 263 g/mol. The Balaban J connectivity index is 2.32. The number of hydrogen-bond acceptors (Lipinski definition) is 3. The van der Waals surface area contributed by atoms with Crippen LogP contribution < -0.4 is 4.90 Å². The van der Waals surface area contributed by atoms with E-state index in [1.807, 2.05) is 19.1 Å². The van der Waals surface area contributed by atoms with E-state index < -0.39 is 5.97 Å². The quantitative estimate of drug-likeness (QED) is 0.907. The lowest BCUT2D eigenvalue weighted by molar-refractivity contribution is 0.0695. The van der Waals surface area contributed by atoms with E-state index in [4.69, 9.17) is 4.74 Å². The molecular formula is C15H21NO3. The van der Waals surface area contributed by atoms with Crippen molar-refractivity contribution < 1.29 is 14.6 Å². The number of aromatic carboxylic acids is 1. The van der Waals surface area contributed by atoms with Crippen molar-refractivity contribution in [3.63, 3.8) is 0 Å². The Morgan fingerprint density at radius 3 is 2.68 bits per heavy atom. The summed E-state index contributed by atoms with van der Waals surface area (Å²) in [6.07, 6.45) is 2.01. The SMILES string of the molecule is CCN(c1cccc(C(=O)O)c1C)C1CCOCC1. The van der Waals surface area contributed by atoms with Crippen molar-refractivity contribution in [2.45, 2.75) is 32.7 Å². The molecule has 1 saturated heterocycles. The molecule has 0 unspecified atom stereocenters. The molecule has 0 aliphatic carbocycles. The minimum atomic E-state index is -0.859. The molecule has 2 rings (SSSR count). The third kappa shape index (κ3) is 2.89. The van der Waals surface area contributed by atoms with Crippen molar-refractivity contribution in [3.05, 3.63) is 29.3 Å². The van der Waals surface area contributed by atoms with E-state index in [0.717, 1.165) is 43.9 Å². The molecule has 1 aromatic rings. The summed E-state index contributed by atoms with van der Waals surface area (Å²) in [5.41, 5.74) is 2.28. The molecule has 0 bridgehead atoms. The molecule has 19 heavy (non-hydrogen) atoms. The first-order chi connectivity index (χ1) is 9.15. The average molecular weight is 263 g/mol. The smallest absolute Gasteiger partial charge is 0.336 e. The topological polar surface area (TPSA) is 49.8 Å². The second-order valence-corrected chi connectivity index (χ2v) is 4.88. The second kappa shape index (κ2) is 6.06. The van der Waals surface area contributed by atoms with Crippen molar-refractivity contribution in [3.8, 4) is 0 Å². The number of carbonyl (C=O) groups is 1. The summed E-state index contributed by atoms with van der Waals surface area (Å²) < 4.78 is 5.40. The summed E-state index contributed by atoms with van der Waals surface area (Å²) in [5.74, 6) is -0.859. The highest BCUT2D eigenvalue weighted by atomic mass is 16.5. The Labute approximate surface area is 114 Å². The Morgan fingerprint density at radius 1 is 1.42 bits per heavy atom. The van der Waals surface area contributed by atoms with Crippen molar-refractivity contribution in [1.29, 1.82) is 0 Å². The van der Waals surface area contributed by atoms with Crippen LogP contribution in [-0.4, -0.2) is 36.9 Å². The van der Waals surface area contributed by atoms with E-state index in [1.165, 1.54) is 0 Å². The summed E-state index contributed by atoms with van der Waals surface area (Å²) in [6.45, 7) is 6.47. The summed E-state index contributed by atoms with van der Waals surface area (Å²) >= 11 is 0. The first kappa shape index (κ1) is 13.9. The fraction of sp³-hybridized carbons (Fsp3) is 0.533. The molecule has 0 atom stereocenters. The van der Waals surface area contributed by atoms with E-state index in [2.05, 4.69) is 11.8 Å². The predicted octanol–water partition coefficient (Wildman–Crippen LogP) is 2.70. The van der Waals surface area contributed by atoms with E-state index in [1.54, 1.807) is 6.07 Å². The molecule has 1 N–H and O–H groups in total. The lowest BCUT2D eigenvalue weighted by Crippen LogP contribution is -2.40. The molecule has 4 nitrogen and oxygen atoms in total. The Morgan fingerprint density at radius 2 is 2.11 bits per heavy atom. The van der Waals surface area contributed by atoms with Crippen LogP contribution >= 0.6 is 0 Å². The van der Waals surface area contributed by atoms with Crippen molar-refractivity contribution in [2.75, 3.05) is 24.7 Å². The van der Waals surface area contributed by atoms with E-state index >= 15 is 0 Å². The molecule has 104 valence electrons. The van der Waals surface area contributed by atoms with Gasteiger partial charge in [0.15, 0.2) is 0 Å². The first-order valence-electron chi connectivity index (χ1n) is 6.82. The van der Waals surface area contributed by atoms with Crippen LogP contribution in [0.3, 0.4) is 0 Å². The maximum atomic E-state index is 11.2. The van der Waals surface area contributed by atoms with Crippen LogP contribution in [0.25, 0.3) is 0 Å². The van der Waals surface area contributed by atoms with Gasteiger partial charge < -0.3 is 14.7 Å². The van der Waals surface area contributed by atoms with Gasteiger partial charge >= 0.3 is 5.97 Å². The summed E-state index contributed by atoms with van der Waals surface area (Å²) in [7, 11) is 0. The van der Waals surface area contributed by atoms with Gasteiger partial charge in [-0.3, -0.25) is 0 Å². The average Bonchev–Trinajstić information content (AvgIpc) is 2.42. The molecule has 4 heteroatoms. The maximum Gasteiger partial charge on any atom is 0.336 e. The van der Waals surface area contributed by atoms with Gasteiger partial charge in [-0.25, -0.2) is 4.79 Å². The molecule has 0 radical (unpaired) electrons. The largest absolute Gasteiger partial charge is 0.478 e. The van der Waals surface area contributed by atoms with E-state index in [9.17, 15) is 9.90 Å². The zero-order valence-electron chi connectivity index (χ0n) is 11.6. The van der Waals surface area contributed by atoms with Crippen LogP contribution in [0.5, 0.6) is 0 Å². The summed E-state index contributed by atoms with van der Waals surface area (Å²) in [6, 6.07) is 5.95. The Hall–Kier alpha value is -1.55. The number of hydrogen-bond donors (Lipinski definition) is 1. The van der Waals surface area contributed by atoms with Crippen LogP contribution in [0.15, 0.2) is 18.2 Å². The molecule has 1 aliphatic heterocycles. The van der Waals surface area contributed by atoms with Crippen LogP contribution in [0.1, 0.15) is 35.7 Å². The Kier molecular flexibility index (Phi) is 4.43. The molecule has 1 heterocycles. The number of ether oxygens (including phenoxy) is 1. The number of nitrogens with zero attached hydrogens (tertiary/aromatic N) is 1. The van der Waals surface area contributed by atoms with Gasteiger partial charge in [-0.2, -0.15) is 0 Å². The van der Waals surface area contributed by atoms with Crippen LogP contribution in [0.2, 0.25) is 0 Å². The van der Waals surface area contributed by atoms with Gasteiger partial charge in [0.25, 0.3) is 0 Å². The second-order valence-electron chi connectivity index (χ2n) is 4.88. The van der Waals surface area contributed by atoms with Crippen LogP contribution in [0, 0.1) is 6.92 Å². The highest BCUT2D eigenvalue weighted by Crippen LogP contribution is 2.28. The van der Waals surface area contributed by atoms with Crippen molar-refractivity contribution >= 4 is 11.7 Å². The van der Waals surface area contributed by atoms with Gasteiger partial charge in [0.2, 0.25) is 0 Å². The third-order valence-corrected chi connectivity index (χ3v) is 3.82. The van der Waals surface area contributed by atoms with Crippen molar-refractivity contribution in [1.82, 2.24) is 0 Å². The highest BCUT2D eigenvalue weighted by Gasteiger charge is 2.23. The summed E-state index contributed by atoms with van der Waals surface area (Å²) in [4.78, 5) is 13.5. The fourth-order valence-corrected chi connectivity index (χ4v) is 2.79. The van der Waals surface area contributed by atoms with Gasteiger partial charge in [-0.05, 0) is 44.4 Å². The van der Waals surface area contributed by atoms with Crippen LogP contribution in [0.4, 0.5) is 5.69 Å². The molecule has 1 aromatic carbocycles. The van der Waals surface area contributed by atoms with Gasteiger partial charge in [-0.1, -0.05) is 6.07 Å². The molecule has 0 spiro atoms. The molecule has 1 fully saturated rings. The minimum Gasteiger partial charge on any atom is -0.478 e. The fourth-order valence-electron chi connectivity index (χ4n) is 2.79. The third-order valence-electron chi connectivity index (χ3n) is 3.82. The molecular weight excluding hydrogens is 242 g/mol. The highest BCUT2D eigenvalue weighted by molar-refractivity contribution is 5.91. The molecule has 0 amide bonds. The number of carboxylic acids is 1. The number of anilines is 1. The van der Waals surface area contributed by atoms with Gasteiger partial charge in [0.05, 0.1) is 5.56 Å². The molecule has 0 saturated carbocycles. The normalized spacial score (nSPS) is 16.3. The molecule has 1 aliphatic rings. The maximum absolute atomic E-state index is 11.2. The lowest BCUT2D eigenvalue weighted by Gasteiger charge is -2.36. The number of benzene rings is 1. The van der Waals surface area contributed by atoms with E-state index in [0.29, 0.717) is 11.6 Å². The standard InChI is InChI=1S/C15H21NO3/c1-3-16(12-7-9-19-10-8-12)14-6-4-5-13(11(14)2)15(17)18/h4-6,12H,3,7-10H2,1-2H3,(H,17,18). The van der Waals surface area contributed by atoms with E-state index in [-0.39, 0.29) is 0 Å². The number of carboxylic acid groups (broad SMARTS) is 1. The van der Waals surface area contributed by atoms with Crippen molar-refractivity contribution in [2.24, 2.45) is 0 Å². The zero-order chi connectivity index (χ0) is 13.8. The summed E-state index contributed by atoms with van der Waals surface area (Å²) in [5, 5.41) is 9.22. The Bertz CT molecular complexity index is 453. The molecule has 0 aromatic heterocycles. The minimum absolute atomic E-state index is 0.392. The van der Waals surface area contributed by atoms with Crippen LogP contribution in [-0.2, 0) is 4.74 Å².